The van der Waals surface area contributed by atoms with Crippen LogP contribution in [0.15, 0.2) is 66.9 Å². The second kappa shape index (κ2) is 8.32. The van der Waals surface area contributed by atoms with Gasteiger partial charge in [0.05, 0.1) is 17.9 Å². The van der Waals surface area contributed by atoms with Crippen LogP contribution in [0.3, 0.4) is 0 Å². The summed E-state index contributed by atoms with van der Waals surface area (Å²) >= 11 is 0. The van der Waals surface area contributed by atoms with Gasteiger partial charge in [-0.1, -0.05) is 61.9 Å². The fourth-order valence-electron chi connectivity index (χ4n) is 3.45. The average molecular weight is 402 g/mol. The normalized spacial score (nSPS) is 14.1. The summed E-state index contributed by atoms with van der Waals surface area (Å²) in [6.45, 7) is 2.21. The molecule has 1 aliphatic heterocycles. The second-order valence-corrected chi connectivity index (χ2v) is 7.13. The van der Waals surface area contributed by atoms with E-state index < -0.39 is 17.8 Å². The highest BCUT2D eigenvalue weighted by atomic mass is 16.2. The number of imide groups is 2. The maximum absolute atomic E-state index is 12.7. The van der Waals surface area contributed by atoms with Crippen LogP contribution in [0.25, 0.3) is 16.9 Å². The molecule has 7 nitrogen and oxygen atoms in total. The number of rotatable bonds is 7. The zero-order chi connectivity index (χ0) is 21.1. The Morgan fingerprint density at radius 1 is 0.833 bits per heavy atom. The first-order valence-electron chi connectivity index (χ1n) is 9.97. The molecule has 0 spiro atoms. The Kier molecular flexibility index (Phi) is 5.43. The van der Waals surface area contributed by atoms with Crippen molar-refractivity contribution in [3.63, 3.8) is 0 Å². The van der Waals surface area contributed by atoms with Gasteiger partial charge in [-0.05, 0) is 18.6 Å². The molecule has 1 aromatic heterocycles. The van der Waals surface area contributed by atoms with Crippen LogP contribution in [0.1, 0.15) is 25.3 Å². The van der Waals surface area contributed by atoms with Gasteiger partial charge >= 0.3 is 17.8 Å². The van der Waals surface area contributed by atoms with Gasteiger partial charge in [-0.15, -0.1) is 0 Å². The number of hydrogen-bond acceptors (Lipinski definition) is 4. The van der Waals surface area contributed by atoms with E-state index in [-0.39, 0.29) is 13.1 Å². The summed E-state index contributed by atoms with van der Waals surface area (Å²) < 4.78 is 1.72. The van der Waals surface area contributed by atoms with Crippen molar-refractivity contribution in [2.45, 2.75) is 26.3 Å². The zero-order valence-electron chi connectivity index (χ0n) is 16.7. The molecule has 3 aromatic rings. The van der Waals surface area contributed by atoms with Gasteiger partial charge in [0.25, 0.3) is 0 Å². The van der Waals surface area contributed by atoms with Crippen molar-refractivity contribution in [1.29, 1.82) is 0 Å². The molecule has 0 saturated carbocycles. The SMILES string of the molecule is CCCCN1C(=O)C(=O)N(Cc2cn(-c3ccccc3)nc2-c2ccccc2)C1=O. The second-order valence-electron chi connectivity index (χ2n) is 7.13. The van der Waals surface area contributed by atoms with Crippen LogP contribution in [0.2, 0.25) is 0 Å². The molecule has 4 amide bonds. The lowest BCUT2D eigenvalue weighted by atomic mass is 10.1. The van der Waals surface area contributed by atoms with Crippen LogP contribution in [-0.2, 0) is 16.1 Å². The van der Waals surface area contributed by atoms with Crippen molar-refractivity contribution in [3.05, 3.63) is 72.4 Å². The largest absolute Gasteiger partial charge is 0.334 e. The molecule has 0 bridgehead atoms. The van der Waals surface area contributed by atoms with E-state index in [2.05, 4.69) is 0 Å². The van der Waals surface area contributed by atoms with Gasteiger partial charge in [0.15, 0.2) is 0 Å². The number of unbranched alkanes of at least 4 members (excludes halogenated alkanes) is 1. The summed E-state index contributed by atoms with van der Waals surface area (Å²) in [5.41, 5.74) is 3.09. The van der Waals surface area contributed by atoms with E-state index in [1.165, 1.54) is 0 Å². The van der Waals surface area contributed by atoms with E-state index in [0.29, 0.717) is 17.7 Å². The van der Waals surface area contributed by atoms with E-state index >= 15 is 0 Å². The number of benzene rings is 2. The fourth-order valence-corrected chi connectivity index (χ4v) is 3.45. The predicted molar refractivity (Wildman–Crippen MR) is 112 cm³/mol. The maximum atomic E-state index is 12.7. The first-order chi connectivity index (χ1) is 14.6. The Morgan fingerprint density at radius 3 is 2.13 bits per heavy atom. The topological polar surface area (TPSA) is 75.5 Å². The van der Waals surface area contributed by atoms with Gasteiger partial charge in [-0.25, -0.2) is 9.48 Å². The molecule has 0 N–H and O–H groups in total. The third-order valence-electron chi connectivity index (χ3n) is 5.06. The molecule has 0 atom stereocenters. The van der Waals surface area contributed by atoms with Crippen LogP contribution < -0.4 is 0 Å². The molecule has 0 unspecified atom stereocenters. The summed E-state index contributed by atoms with van der Waals surface area (Å²) in [5, 5.41) is 4.70. The average Bonchev–Trinajstić information content (AvgIpc) is 3.29. The standard InChI is InChI=1S/C23H22N4O3/c1-2-3-14-25-21(28)22(29)26(23(25)30)15-18-16-27(19-12-8-5-9-13-19)24-20(18)17-10-6-4-7-11-17/h4-13,16H,2-3,14-15H2,1H3. The number of para-hydroxylation sites is 1. The highest BCUT2D eigenvalue weighted by Gasteiger charge is 2.44. The molecule has 2 heterocycles. The number of amides is 4. The summed E-state index contributed by atoms with van der Waals surface area (Å²) in [6.07, 6.45) is 3.30. The molecule has 7 heteroatoms. The Labute approximate surface area is 174 Å². The first-order valence-corrected chi connectivity index (χ1v) is 9.97. The zero-order valence-corrected chi connectivity index (χ0v) is 16.7. The lowest BCUT2D eigenvalue weighted by molar-refractivity contribution is -0.143. The van der Waals surface area contributed by atoms with Crippen molar-refractivity contribution < 1.29 is 14.4 Å². The van der Waals surface area contributed by atoms with Crippen LogP contribution in [0.4, 0.5) is 4.79 Å². The lowest BCUT2D eigenvalue weighted by Crippen LogP contribution is -2.33. The van der Waals surface area contributed by atoms with Crippen molar-refractivity contribution >= 4 is 17.8 Å². The van der Waals surface area contributed by atoms with Crippen molar-refractivity contribution in [2.75, 3.05) is 6.54 Å². The molecule has 0 aliphatic carbocycles. The van der Waals surface area contributed by atoms with Gasteiger partial charge in [-0.3, -0.25) is 19.4 Å². The van der Waals surface area contributed by atoms with Crippen molar-refractivity contribution in [1.82, 2.24) is 19.6 Å². The minimum atomic E-state index is -0.789. The molecule has 2 aromatic carbocycles. The van der Waals surface area contributed by atoms with E-state index in [0.717, 1.165) is 27.5 Å². The maximum Gasteiger partial charge on any atom is 0.334 e. The van der Waals surface area contributed by atoms with Crippen molar-refractivity contribution in [3.8, 4) is 16.9 Å². The number of nitrogens with zero attached hydrogens (tertiary/aromatic N) is 4. The molecule has 1 saturated heterocycles. The molecular weight excluding hydrogens is 380 g/mol. The predicted octanol–water partition coefficient (Wildman–Crippen LogP) is 3.63. The van der Waals surface area contributed by atoms with Crippen LogP contribution >= 0.6 is 0 Å². The van der Waals surface area contributed by atoms with Crippen LogP contribution in [0, 0.1) is 0 Å². The number of urea groups is 1. The van der Waals surface area contributed by atoms with Gasteiger partial charge < -0.3 is 0 Å². The number of hydrogen-bond donors (Lipinski definition) is 0. The summed E-state index contributed by atoms with van der Waals surface area (Å²) in [5.74, 6) is -1.55. The molecule has 4 rings (SSSR count). The molecule has 1 aliphatic rings. The highest BCUT2D eigenvalue weighted by Crippen LogP contribution is 2.26. The quantitative estimate of drug-likeness (QED) is 0.447. The van der Waals surface area contributed by atoms with Gasteiger partial charge in [-0.2, -0.15) is 5.10 Å². The Bertz CT molecular complexity index is 1080. The number of carbonyl (C=O) groups is 3. The Balaban J connectivity index is 1.70. The molecule has 152 valence electrons. The minimum Gasteiger partial charge on any atom is -0.263 e. The van der Waals surface area contributed by atoms with Crippen LogP contribution in [-0.4, -0.2) is 44.0 Å². The highest BCUT2D eigenvalue weighted by molar-refractivity contribution is 6.44. The Hall–Kier alpha value is -3.74. The summed E-state index contributed by atoms with van der Waals surface area (Å²) in [7, 11) is 0. The Morgan fingerprint density at radius 2 is 1.47 bits per heavy atom. The van der Waals surface area contributed by atoms with Gasteiger partial charge in [0, 0.05) is 23.9 Å². The van der Waals surface area contributed by atoms with Crippen molar-refractivity contribution in [2.24, 2.45) is 0 Å². The number of aromatic nitrogens is 2. The minimum absolute atomic E-state index is 0.0108. The van der Waals surface area contributed by atoms with Gasteiger partial charge in [0.2, 0.25) is 0 Å². The van der Waals surface area contributed by atoms with E-state index in [4.69, 9.17) is 5.10 Å². The molecular formula is C23H22N4O3. The smallest absolute Gasteiger partial charge is 0.263 e. The number of carbonyl (C=O) groups excluding carboxylic acids is 3. The molecule has 0 radical (unpaired) electrons. The van der Waals surface area contributed by atoms with Gasteiger partial charge in [0.1, 0.15) is 0 Å². The molecule has 30 heavy (non-hydrogen) atoms. The fraction of sp³-hybridized carbons (Fsp3) is 0.217. The monoisotopic (exact) mass is 402 g/mol. The first kappa shape index (κ1) is 19.6. The van der Waals surface area contributed by atoms with E-state index in [1.807, 2.05) is 67.6 Å². The molecule has 1 fully saturated rings. The van der Waals surface area contributed by atoms with E-state index in [1.54, 1.807) is 10.9 Å². The summed E-state index contributed by atoms with van der Waals surface area (Å²) in [4.78, 5) is 39.6. The third-order valence-corrected chi connectivity index (χ3v) is 5.06. The lowest BCUT2D eigenvalue weighted by Gasteiger charge is -2.15. The van der Waals surface area contributed by atoms with Crippen LogP contribution in [0.5, 0.6) is 0 Å². The van der Waals surface area contributed by atoms with E-state index in [9.17, 15) is 14.4 Å². The third kappa shape index (κ3) is 3.61. The summed E-state index contributed by atoms with van der Waals surface area (Å²) in [6, 6.07) is 18.6.